The van der Waals surface area contributed by atoms with E-state index in [0.29, 0.717) is 34.1 Å². The van der Waals surface area contributed by atoms with Crippen LogP contribution in [0.4, 0.5) is 5.69 Å². The van der Waals surface area contributed by atoms with E-state index in [4.69, 9.17) is 21.7 Å². The summed E-state index contributed by atoms with van der Waals surface area (Å²) in [6.45, 7) is 1.74. The van der Waals surface area contributed by atoms with E-state index < -0.39 is 0 Å². The Hall–Kier alpha value is -1.96. The first-order chi connectivity index (χ1) is 13.1. The molecule has 0 unspecified atom stereocenters. The van der Waals surface area contributed by atoms with E-state index in [-0.39, 0.29) is 5.91 Å². The third-order valence-electron chi connectivity index (χ3n) is 4.31. The molecule has 5 nitrogen and oxygen atoms in total. The van der Waals surface area contributed by atoms with Crippen molar-refractivity contribution in [3.05, 3.63) is 58.1 Å². The Bertz CT molecular complexity index is 844. The topological polar surface area (TPSA) is 50.8 Å². The number of hydrogen-bond donors (Lipinski definition) is 1. The molecule has 0 atom stereocenters. The van der Waals surface area contributed by atoms with E-state index in [1.165, 1.54) is 5.56 Å². The molecule has 0 fully saturated rings. The van der Waals surface area contributed by atoms with Crippen LogP contribution in [0.25, 0.3) is 0 Å². The highest BCUT2D eigenvalue weighted by Crippen LogP contribution is 2.28. The summed E-state index contributed by atoms with van der Waals surface area (Å²) < 4.78 is 11.3. The first-order valence-corrected chi connectivity index (χ1v) is 9.92. The number of hydrogen-bond acceptors (Lipinski definition) is 4. The van der Waals surface area contributed by atoms with Gasteiger partial charge in [0.05, 0.1) is 11.1 Å². The van der Waals surface area contributed by atoms with Gasteiger partial charge >= 0.3 is 0 Å². The summed E-state index contributed by atoms with van der Waals surface area (Å²) >= 11 is 8.94. The molecule has 0 aliphatic carbocycles. The third kappa shape index (κ3) is 4.86. The van der Waals surface area contributed by atoms with Gasteiger partial charge in [-0.1, -0.05) is 18.2 Å². The van der Waals surface area contributed by atoms with E-state index in [1.54, 1.807) is 25.3 Å². The Labute approximate surface area is 172 Å². The highest BCUT2D eigenvalue weighted by Gasteiger charge is 2.21. The molecule has 0 spiro atoms. The number of nitrogens with zero attached hydrogens (tertiary/aromatic N) is 1. The molecular formula is C20H21BrN2O3S. The smallest absolute Gasteiger partial charge is 0.257 e. The van der Waals surface area contributed by atoms with Gasteiger partial charge in [-0.25, -0.2) is 0 Å². The van der Waals surface area contributed by atoms with Gasteiger partial charge in [-0.3, -0.25) is 10.1 Å². The fourth-order valence-electron chi connectivity index (χ4n) is 2.98. The van der Waals surface area contributed by atoms with Gasteiger partial charge in [0.1, 0.15) is 12.4 Å². The minimum atomic E-state index is -0.243. The zero-order chi connectivity index (χ0) is 19.2. The van der Waals surface area contributed by atoms with Crippen molar-refractivity contribution in [3.8, 4) is 5.75 Å². The number of para-hydroxylation sites is 1. The standard InChI is InChI=1S/C20H21BrN2O3S/c1-25-11-12-26-18-9-8-15(13-16(18)21)19(24)22-20(27)23-10-4-6-14-5-2-3-7-17(14)23/h2-3,5,7-9,13H,4,6,10-12H2,1H3,(H,22,24,27). The number of carbonyl (C=O) groups is 1. The quantitative estimate of drug-likeness (QED) is 0.554. The van der Waals surface area contributed by atoms with Gasteiger partial charge < -0.3 is 14.4 Å². The average molecular weight is 449 g/mol. The van der Waals surface area contributed by atoms with Crippen molar-refractivity contribution in [2.24, 2.45) is 0 Å². The molecule has 0 saturated heterocycles. The number of nitrogens with one attached hydrogen (secondary N) is 1. The van der Waals surface area contributed by atoms with Crippen molar-refractivity contribution in [1.82, 2.24) is 5.32 Å². The lowest BCUT2D eigenvalue weighted by molar-refractivity contribution is 0.0977. The number of halogens is 1. The van der Waals surface area contributed by atoms with Gasteiger partial charge in [-0.05, 0) is 70.8 Å². The summed E-state index contributed by atoms with van der Waals surface area (Å²) in [6.07, 6.45) is 2.03. The molecule has 142 valence electrons. The number of methoxy groups -OCH3 is 1. The van der Waals surface area contributed by atoms with Crippen LogP contribution in [0, 0.1) is 0 Å². The van der Waals surface area contributed by atoms with E-state index in [9.17, 15) is 4.79 Å². The minimum absolute atomic E-state index is 0.243. The Kier molecular flexibility index (Phi) is 6.82. The predicted octanol–water partition coefficient (Wildman–Crippen LogP) is 3.94. The first-order valence-electron chi connectivity index (χ1n) is 8.72. The predicted molar refractivity (Wildman–Crippen MR) is 114 cm³/mol. The number of aryl methyl sites for hydroxylation is 1. The Morgan fingerprint density at radius 3 is 2.85 bits per heavy atom. The summed E-state index contributed by atoms with van der Waals surface area (Å²) in [6, 6.07) is 13.4. The largest absolute Gasteiger partial charge is 0.490 e. The lowest BCUT2D eigenvalue weighted by Gasteiger charge is -2.31. The molecule has 1 N–H and O–H groups in total. The van der Waals surface area contributed by atoms with Crippen molar-refractivity contribution in [1.29, 1.82) is 0 Å². The zero-order valence-corrected chi connectivity index (χ0v) is 17.4. The van der Waals surface area contributed by atoms with Gasteiger partial charge in [0.15, 0.2) is 5.11 Å². The maximum atomic E-state index is 12.6. The SMILES string of the molecule is COCCOc1ccc(C(=O)NC(=S)N2CCCc3ccccc32)cc1Br. The van der Waals surface area contributed by atoms with E-state index in [2.05, 4.69) is 27.3 Å². The van der Waals surface area contributed by atoms with E-state index in [1.807, 2.05) is 23.1 Å². The number of carbonyl (C=O) groups excluding carboxylic acids is 1. The Balaban J connectivity index is 1.67. The zero-order valence-electron chi connectivity index (χ0n) is 15.0. The molecule has 1 amide bonds. The van der Waals surface area contributed by atoms with Crippen LogP contribution in [0.5, 0.6) is 5.75 Å². The van der Waals surface area contributed by atoms with Gasteiger partial charge in [0, 0.05) is 24.9 Å². The number of thiocarbonyl (C=S) groups is 1. The second-order valence-corrected chi connectivity index (χ2v) is 7.37. The lowest BCUT2D eigenvalue weighted by atomic mass is 10.0. The second kappa shape index (κ2) is 9.30. The molecular weight excluding hydrogens is 428 g/mol. The average Bonchev–Trinajstić information content (AvgIpc) is 2.68. The normalized spacial score (nSPS) is 13.0. The molecule has 1 aliphatic rings. The molecule has 2 aromatic rings. The fourth-order valence-corrected chi connectivity index (χ4v) is 3.75. The number of rotatable bonds is 5. The first kappa shape index (κ1) is 19.8. The van der Waals surface area contributed by atoms with Gasteiger partial charge in [0.25, 0.3) is 5.91 Å². The van der Waals surface area contributed by atoms with E-state index >= 15 is 0 Å². The van der Waals surface area contributed by atoms with Crippen molar-refractivity contribution < 1.29 is 14.3 Å². The molecule has 0 aromatic heterocycles. The van der Waals surface area contributed by atoms with Crippen LogP contribution in [-0.2, 0) is 11.2 Å². The van der Waals surface area contributed by atoms with Crippen molar-refractivity contribution in [2.75, 3.05) is 31.8 Å². The number of benzene rings is 2. The third-order valence-corrected chi connectivity index (χ3v) is 5.26. The Morgan fingerprint density at radius 2 is 2.07 bits per heavy atom. The van der Waals surface area contributed by atoms with Crippen molar-refractivity contribution >= 4 is 44.9 Å². The van der Waals surface area contributed by atoms with Crippen LogP contribution in [0.3, 0.4) is 0 Å². The number of anilines is 1. The maximum Gasteiger partial charge on any atom is 0.257 e. The van der Waals surface area contributed by atoms with Crippen LogP contribution in [0.2, 0.25) is 0 Å². The van der Waals surface area contributed by atoms with Crippen LogP contribution in [0.15, 0.2) is 46.9 Å². The van der Waals surface area contributed by atoms with Crippen LogP contribution in [-0.4, -0.2) is 37.9 Å². The summed E-state index contributed by atoms with van der Waals surface area (Å²) in [5.74, 6) is 0.420. The summed E-state index contributed by atoms with van der Waals surface area (Å²) in [4.78, 5) is 14.6. The maximum absolute atomic E-state index is 12.6. The summed E-state index contributed by atoms with van der Waals surface area (Å²) in [5, 5.41) is 3.26. The minimum Gasteiger partial charge on any atom is -0.490 e. The summed E-state index contributed by atoms with van der Waals surface area (Å²) in [5.41, 5.74) is 2.83. The van der Waals surface area contributed by atoms with Crippen LogP contribution in [0.1, 0.15) is 22.3 Å². The lowest BCUT2D eigenvalue weighted by Crippen LogP contribution is -2.45. The van der Waals surface area contributed by atoms with Gasteiger partial charge in [-0.2, -0.15) is 0 Å². The monoisotopic (exact) mass is 448 g/mol. The second-order valence-electron chi connectivity index (χ2n) is 6.13. The molecule has 27 heavy (non-hydrogen) atoms. The molecule has 2 aromatic carbocycles. The molecule has 0 radical (unpaired) electrons. The Morgan fingerprint density at radius 1 is 1.26 bits per heavy atom. The van der Waals surface area contributed by atoms with Crippen molar-refractivity contribution in [3.63, 3.8) is 0 Å². The highest BCUT2D eigenvalue weighted by molar-refractivity contribution is 9.10. The van der Waals surface area contributed by atoms with Crippen LogP contribution >= 0.6 is 28.1 Å². The van der Waals surface area contributed by atoms with Gasteiger partial charge in [-0.15, -0.1) is 0 Å². The molecule has 7 heteroatoms. The fraction of sp³-hybridized carbons (Fsp3) is 0.300. The number of ether oxygens (including phenoxy) is 2. The molecule has 1 heterocycles. The molecule has 0 bridgehead atoms. The van der Waals surface area contributed by atoms with Crippen LogP contribution < -0.4 is 15.0 Å². The highest BCUT2D eigenvalue weighted by atomic mass is 79.9. The molecule has 0 saturated carbocycles. The molecule has 1 aliphatic heterocycles. The van der Waals surface area contributed by atoms with E-state index in [0.717, 1.165) is 25.1 Å². The number of fused-ring (bicyclic) bond motifs is 1. The van der Waals surface area contributed by atoms with Gasteiger partial charge in [0.2, 0.25) is 0 Å². The number of amides is 1. The summed E-state index contributed by atoms with van der Waals surface area (Å²) in [7, 11) is 1.62. The van der Waals surface area contributed by atoms with Crippen molar-refractivity contribution in [2.45, 2.75) is 12.8 Å². The molecule has 3 rings (SSSR count).